The molecule has 1 aromatic carbocycles. The number of para-hydroxylation sites is 1. The SMILES string of the molecule is O=C(CC1CC2CCC1C2)c1cccc2nccnc12. The van der Waals surface area contributed by atoms with Crippen LogP contribution in [0.1, 0.15) is 42.5 Å². The van der Waals surface area contributed by atoms with Crippen molar-refractivity contribution in [3.05, 3.63) is 36.2 Å². The second-order valence-electron chi connectivity index (χ2n) is 6.29. The second kappa shape index (κ2) is 4.65. The van der Waals surface area contributed by atoms with Gasteiger partial charge >= 0.3 is 0 Å². The Labute approximate surface area is 118 Å². The van der Waals surface area contributed by atoms with Crippen molar-refractivity contribution in [3.8, 4) is 0 Å². The van der Waals surface area contributed by atoms with Gasteiger partial charge < -0.3 is 0 Å². The van der Waals surface area contributed by atoms with E-state index in [0.29, 0.717) is 12.3 Å². The molecule has 0 spiro atoms. The van der Waals surface area contributed by atoms with Gasteiger partial charge in [-0.2, -0.15) is 0 Å². The summed E-state index contributed by atoms with van der Waals surface area (Å²) in [5.74, 6) is 2.54. The standard InChI is InChI=1S/C17H18N2O/c20-16(10-13-9-11-4-5-12(13)8-11)14-2-1-3-15-17(14)19-7-6-18-15/h1-3,6-7,11-13H,4-5,8-10H2. The van der Waals surface area contributed by atoms with E-state index in [-0.39, 0.29) is 5.78 Å². The lowest BCUT2D eigenvalue weighted by molar-refractivity contribution is 0.0945. The molecule has 20 heavy (non-hydrogen) atoms. The predicted molar refractivity (Wildman–Crippen MR) is 77.4 cm³/mol. The summed E-state index contributed by atoms with van der Waals surface area (Å²) in [6, 6.07) is 5.72. The summed E-state index contributed by atoms with van der Waals surface area (Å²) in [5.41, 5.74) is 2.31. The zero-order valence-electron chi connectivity index (χ0n) is 11.5. The van der Waals surface area contributed by atoms with Crippen molar-refractivity contribution in [1.82, 2.24) is 9.97 Å². The third-order valence-corrected chi connectivity index (χ3v) is 5.13. The fraction of sp³-hybridized carbons (Fsp3) is 0.471. The quantitative estimate of drug-likeness (QED) is 0.797. The Kier molecular flexibility index (Phi) is 2.79. The van der Waals surface area contributed by atoms with Gasteiger partial charge in [0.05, 0.1) is 11.0 Å². The third-order valence-electron chi connectivity index (χ3n) is 5.13. The molecule has 2 saturated carbocycles. The summed E-state index contributed by atoms with van der Waals surface area (Å²) < 4.78 is 0. The molecule has 2 aliphatic carbocycles. The molecular weight excluding hydrogens is 248 g/mol. The second-order valence-corrected chi connectivity index (χ2v) is 6.29. The molecule has 3 atom stereocenters. The Balaban J connectivity index is 1.61. The lowest BCUT2D eigenvalue weighted by atomic mass is 9.84. The Hall–Kier alpha value is -1.77. The van der Waals surface area contributed by atoms with Crippen LogP contribution in [0.2, 0.25) is 0 Å². The van der Waals surface area contributed by atoms with Crippen LogP contribution < -0.4 is 0 Å². The van der Waals surface area contributed by atoms with Gasteiger partial charge in [0.2, 0.25) is 0 Å². The fourth-order valence-corrected chi connectivity index (χ4v) is 4.19. The van der Waals surface area contributed by atoms with E-state index < -0.39 is 0 Å². The minimum Gasteiger partial charge on any atom is -0.294 e. The van der Waals surface area contributed by atoms with Crippen LogP contribution in [0.4, 0.5) is 0 Å². The van der Waals surface area contributed by atoms with Crippen molar-refractivity contribution >= 4 is 16.8 Å². The molecule has 0 N–H and O–H groups in total. The molecule has 1 heterocycles. The van der Waals surface area contributed by atoms with Crippen LogP contribution in [0.15, 0.2) is 30.6 Å². The molecule has 102 valence electrons. The summed E-state index contributed by atoms with van der Waals surface area (Å²) >= 11 is 0. The first-order chi connectivity index (χ1) is 9.81. The van der Waals surface area contributed by atoms with E-state index in [9.17, 15) is 4.79 Å². The Bertz CT molecular complexity index is 662. The highest BCUT2D eigenvalue weighted by molar-refractivity contribution is 6.05. The molecule has 2 aromatic rings. The van der Waals surface area contributed by atoms with Crippen LogP contribution in [0.5, 0.6) is 0 Å². The van der Waals surface area contributed by atoms with E-state index in [1.165, 1.54) is 25.7 Å². The number of hydrogen-bond acceptors (Lipinski definition) is 3. The third kappa shape index (κ3) is 1.92. The van der Waals surface area contributed by atoms with Crippen LogP contribution in [-0.4, -0.2) is 15.8 Å². The van der Waals surface area contributed by atoms with Gasteiger partial charge in [0, 0.05) is 24.4 Å². The average molecular weight is 266 g/mol. The number of nitrogens with zero attached hydrogens (tertiary/aromatic N) is 2. The molecule has 0 saturated heterocycles. The number of fused-ring (bicyclic) bond motifs is 3. The minimum atomic E-state index is 0.244. The van der Waals surface area contributed by atoms with Crippen LogP contribution in [0, 0.1) is 17.8 Å². The maximum atomic E-state index is 12.6. The van der Waals surface area contributed by atoms with Gasteiger partial charge in [-0.25, -0.2) is 0 Å². The number of rotatable bonds is 3. The molecule has 0 radical (unpaired) electrons. The molecule has 3 unspecified atom stereocenters. The highest BCUT2D eigenvalue weighted by atomic mass is 16.1. The zero-order chi connectivity index (χ0) is 13.5. The first-order valence-electron chi connectivity index (χ1n) is 7.54. The largest absolute Gasteiger partial charge is 0.294 e. The molecule has 0 amide bonds. The summed E-state index contributed by atoms with van der Waals surface area (Å²) in [4.78, 5) is 21.2. The number of carbonyl (C=O) groups is 1. The van der Waals surface area contributed by atoms with E-state index in [4.69, 9.17) is 0 Å². The highest BCUT2D eigenvalue weighted by Crippen LogP contribution is 2.49. The number of benzene rings is 1. The average Bonchev–Trinajstić information content (AvgIpc) is 3.09. The summed E-state index contributed by atoms with van der Waals surface area (Å²) in [6.07, 6.45) is 9.35. The summed E-state index contributed by atoms with van der Waals surface area (Å²) in [5, 5.41) is 0. The molecule has 2 bridgehead atoms. The van der Waals surface area contributed by atoms with E-state index in [0.717, 1.165) is 28.4 Å². The van der Waals surface area contributed by atoms with E-state index >= 15 is 0 Å². The predicted octanol–water partition coefficient (Wildman–Crippen LogP) is 3.64. The van der Waals surface area contributed by atoms with Gasteiger partial charge in [-0.1, -0.05) is 12.5 Å². The lowest BCUT2D eigenvalue weighted by Gasteiger charge is -2.20. The highest BCUT2D eigenvalue weighted by Gasteiger charge is 2.40. The van der Waals surface area contributed by atoms with Crippen molar-refractivity contribution in [2.75, 3.05) is 0 Å². The van der Waals surface area contributed by atoms with E-state index in [1.54, 1.807) is 12.4 Å². The Morgan fingerprint density at radius 2 is 2.05 bits per heavy atom. The van der Waals surface area contributed by atoms with Gasteiger partial charge in [-0.05, 0) is 49.1 Å². The molecule has 2 fully saturated rings. The number of aromatic nitrogens is 2. The molecule has 3 heteroatoms. The number of Topliss-reactive ketones (excluding diaryl/α,β-unsaturated/α-hetero) is 1. The van der Waals surface area contributed by atoms with E-state index in [1.807, 2.05) is 18.2 Å². The Morgan fingerprint density at radius 3 is 2.85 bits per heavy atom. The zero-order valence-corrected chi connectivity index (χ0v) is 11.5. The minimum absolute atomic E-state index is 0.244. The summed E-state index contributed by atoms with van der Waals surface area (Å²) in [7, 11) is 0. The van der Waals surface area contributed by atoms with Crippen LogP contribution in [-0.2, 0) is 0 Å². The van der Waals surface area contributed by atoms with Gasteiger partial charge in [-0.15, -0.1) is 0 Å². The monoisotopic (exact) mass is 266 g/mol. The van der Waals surface area contributed by atoms with Crippen molar-refractivity contribution in [2.45, 2.75) is 32.1 Å². The van der Waals surface area contributed by atoms with Gasteiger partial charge in [-0.3, -0.25) is 14.8 Å². The summed E-state index contributed by atoms with van der Waals surface area (Å²) in [6.45, 7) is 0. The smallest absolute Gasteiger partial charge is 0.165 e. The van der Waals surface area contributed by atoms with Crippen molar-refractivity contribution in [3.63, 3.8) is 0 Å². The molecule has 4 rings (SSSR count). The normalized spacial score (nSPS) is 28.1. The number of ketones is 1. The van der Waals surface area contributed by atoms with Crippen molar-refractivity contribution in [1.29, 1.82) is 0 Å². The Morgan fingerprint density at radius 1 is 1.15 bits per heavy atom. The van der Waals surface area contributed by atoms with Crippen LogP contribution in [0.3, 0.4) is 0 Å². The van der Waals surface area contributed by atoms with Crippen molar-refractivity contribution in [2.24, 2.45) is 17.8 Å². The van der Waals surface area contributed by atoms with Gasteiger partial charge in [0.15, 0.2) is 5.78 Å². The maximum absolute atomic E-state index is 12.6. The molecule has 2 aliphatic rings. The van der Waals surface area contributed by atoms with Crippen LogP contribution >= 0.6 is 0 Å². The molecule has 0 aliphatic heterocycles. The van der Waals surface area contributed by atoms with Gasteiger partial charge in [0.25, 0.3) is 0 Å². The molecule has 3 nitrogen and oxygen atoms in total. The number of carbonyl (C=O) groups excluding carboxylic acids is 1. The van der Waals surface area contributed by atoms with Gasteiger partial charge in [0.1, 0.15) is 0 Å². The van der Waals surface area contributed by atoms with Crippen molar-refractivity contribution < 1.29 is 4.79 Å². The maximum Gasteiger partial charge on any atom is 0.165 e. The topological polar surface area (TPSA) is 42.9 Å². The lowest BCUT2D eigenvalue weighted by Crippen LogP contribution is -2.15. The fourth-order valence-electron chi connectivity index (χ4n) is 4.19. The first kappa shape index (κ1) is 12.0. The molecule has 1 aromatic heterocycles. The number of hydrogen-bond donors (Lipinski definition) is 0. The van der Waals surface area contributed by atoms with Crippen LogP contribution in [0.25, 0.3) is 11.0 Å². The first-order valence-corrected chi connectivity index (χ1v) is 7.54. The molecular formula is C17H18N2O. The van der Waals surface area contributed by atoms with E-state index in [2.05, 4.69) is 9.97 Å².